The van der Waals surface area contributed by atoms with Crippen molar-refractivity contribution in [1.82, 2.24) is 0 Å². The Labute approximate surface area is 155 Å². The van der Waals surface area contributed by atoms with Crippen LogP contribution < -0.4 is 0 Å². The Bertz CT molecular complexity index is 319. The fourth-order valence-corrected chi connectivity index (χ4v) is 4.99. The number of hydrogen-bond acceptors (Lipinski definition) is 4. The zero-order valence-corrected chi connectivity index (χ0v) is 18.3. The second kappa shape index (κ2) is 12.9. The molecule has 0 amide bonds. The maximum absolute atomic E-state index is 6.03. The summed E-state index contributed by atoms with van der Waals surface area (Å²) in [6, 6.07) is 0. The average molecular weight is 379 g/mol. The first kappa shape index (κ1) is 22.7. The van der Waals surface area contributed by atoms with E-state index >= 15 is 0 Å². The van der Waals surface area contributed by atoms with Crippen LogP contribution in [0.3, 0.4) is 0 Å². The second-order valence-corrected chi connectivity index (χ2v) is 11.1. The molecule has 0 aliphatic carbocycles. The summed E-state index contributed by atoms with van der Waals surface area (Å²) < 4.78 is 17.5. The van der Waals surface area contributed by atoms with E-state index in [9.17, 15) is 0 Å². The Hall–Kier alpha value is 0.660. The van der Waals surface area contributed by atoms with Gasteiger partial charge in [-0.15, -0.1) is 0 Å². The number of hydrogen-bond donors (Lipinski definition) is 0. The number of rotatable bonds is 12. The molecule has 0 aromatic carbocycles. The molecule has 0 spiro atoms. The van der Waals surface area contributed by atoms with Crippen molar-refractivity contribution in [3.05, 3.63) is 0 Å². The summed E-state index contributed by atoms with van der Waals surface area (Å²) in [6.45, 7) is 16.2. The van der Waals surface area contributed by atoms with Crippen LogP contribution in [-0.2, 0) is 13.4 Å². The van der Waals surface area contributed by atoms with E-state index in [0.717, 1.165) is 44.5 Å². The molecule has 3 nitrogen and oxygen atoms in total. The largest absolute Gasteiger partial charge is 0.378 e. The first-order valence-corrected chi connectivity index (χ1v) is 12.8. The Balaban J connectivity index is 2.15. The second-order valence-electron chi connectivity index (χ2n) is 7.54. The lowest BCUT2D eigenvalue weighted by atomic mass is 9.85. The van der Waals surface area contributed by atoms with Crippen LogP contribution in [0.4, 0.5) is 0 Å². The molecule has 6 atom stereocenters. The summed E-state index contributed by atoms with van der Waals surface area (Å²) in [5.41, 5.74) is 0. The van der Waals surface area contributed by atoms with Crippen molar-refractivity contribution in [2.75, 3.05) is 26.5 Å². The zero-order valence-electron chi connectivity index (χ0n) is 16.6. The van der Waals surface area contributed by atoms with Crippen molar-refractivity contribution in [2.45, 2.75) is 72.8 Å². The van der Waals surface area contributed by atoms with Crippen LogP contribution in [0.1, 0.15) is 66.7 Å². The highest BCUT2D eigenvalue weighted by molar-refractivity contribution is 8.51. The van der Waals surface area contributed by atoms with Crippen molar-refractivity contribution in [2.24, 2.45) is 23.7 Å². The van der Waals surface area contributed by atoms with Gasteiger partial charge in [-0.2, -0.15) is 0 Å². The van der Waals surface area contributed by atoms with Gasteiger partial charge >= 0.3 is 0 Å². The van der Waals surface area contributed by atoms with Gasteiger partial charge < -0.3 is 13.4 Å². The molecule has 144 valence electrons. The molecule has 1 rings (SSSR count). The van der Waals surface area contributed by atoms with Gasteiger partial charge in [0.05, 0.1) is 19.3 Å². The molecule has 1 heterocycles. The van der Waals surface area contributed by atoms with Crippen molar-refractivity contribution in [3.8, 4) is 0 Å². The van der Waals surface area contributed by atoms with Gasteiger partial charge in [-0.25, -0.2) is 0 Å². The van der Waals surface area contributed by atoms with Crippen LogP contribution in [0.25, 0.3) is 0 Å². The van der Waals surface area contributed by atoms with Gasteiger partial charge in [0.25, 0.3) is 0 Å². The first-order chi connectivity index (χ1) is 11.5. The molecular formula is C19H39O3PS. The van der Waals surface area contributed by atoms with Crippen LogP contribution in [0.5, 0.6) is 0 Å². The average Bonchev–Trinajstić information content (AvgIpc) is 2.58. The van der Waals surface area contributed by atoms with Gasteiger partial charge in [-0.05, 0) is 56.5 Å². The lowest BCUT2D eigenvalue weighted by Gasteiger charge is -2.27. The van der Waals surface area contributed by atoms with Crippen LogP contribution in [-0.4, -0.2) is 32.6 Å². The van der Waals surface area contributed by atoms with Crippen LogP contribution in [0.2, 0.25) is 0 Å². The summed E-state index contributed by atoms with van der Waals surface area (Å²) in [6.07, 6.45) is 6.38. The van der Waals surface area contributed by atoms with Crippen molar-refractivity contribution >= 4 is 19.0 Å². The molecule has 0 N–H and O–H groups in total. The molecule has 0 aromatic rings. The monoisotopic (exact) mass is 378 g/mol. The maximum atomic E-state index is 6.03. The Morgan fingerprint density at radius 1 is 1.21 bits per heavy atom. The molecule has 1 aliphatic heterocycles. The van der Waals surface area contributed by atoms with Gasteiger partial charge in [0.1, 0.15) is 7.35 Å². The quantitative estimate of drug-likeness (QED) is 0.285. The topological polar surface area (TPSA) is 27.7 Å². The van der Waals surface area contributed by atoms with Crippen molar-refractivity contribution in [3.63, 3.8) is 0 Å². The number of ether oxygens (including phenoxy) is 1. The molecule has 0 aromatic heterocycles. The zero-order chi connectivity index (χ0) is 17.9. The third kappa shape index (κ3) is 9.38. The fraction of sp³-hybridized carbons (Fsp3) is 1.00. The van der Waals surface area contributed by atoms with E-state index in [1.807, 2.05) is 0 Å². The Morgan fingerprint density at radius 3 is 2.58 bits per heavy atom. The first-order valence-electron chi connectivity index (χ1n) is 9.73. The molecule has 5 heteroatoms. The third-order valence-corrected chi connectivity index (χ3v) is 7.67. The maximum Gasteiger partial charge on any atom is 0.115 e. The normalized spacial score (nSPS) is 26.8. The van der Waals surface area contributed by atoms with E-state index in [-0.39, 0.29) is 0 Å². The van der Waals surface area contributed by atoms with Crippen molar-refractivity contribution < 1.29 is 13.4 Å². The van der Waals surface area contributed by atoms with Gasteiger partial charge in [0, 0.05) is 18.3 Å². The molecule has 0 saturated carbocycles. The molecule has 6 unspecified atom stereocenters. The molecule has 24 heavy (non-hydrogen) atoms. The van der Waals surface area contributed by atoms with E-state index in [4.69, 9.17) is 13.4 Å². The lowest BCUT2D eigenvalue weighted by Crippen LogP contribution is -2.25. The third-order valence-electron chi connectivity index (χ3n) is 5.45. The Kier molecular flexibility index (Phi) is 12.2. The van der Waals surface area contributed by atoms with E-state index in [1.54, 1.807) is 11.7 Å². The minimum atomic E-state index is -0.538. The van der Waals surface area contributed by atoms with E-state index in [0.29, 0.717) is 17.9 Å². The summed E-state index contributed by atoms with van der Waals surface area (Å²) in [7, 11) is -0.538. The SMILES string of the molecule is CCC(COSP(C)OCC1CCOC(C)C1)CC(C)C(C)CC. The van der Waals surface area contributed by atoms with Crippen molar-refractivity contribution in [1.29, 1.82) is 0 Å². The summed E-state index contributed by atoms with van der Waals surface area (Å²) in [5.74, 6) is 2.91. The smallest absolute Gasteiger partial charge is 0.115 e. The standard InChI is InChI=1S/C19H39O3PS/c1-7-15(3)16(4)11-18(8-2)14-22-24-23(6)21-13-19-9-10-20-17(5)12-19/h15-19H,7-14H2,1-6H3. The summed E-state index contributed by atoms with van der Waals surface area (Å²) >= 11 is 1.56. The van der Waals surface area contributed by atoms with E-state index < -0.39 is 7.35 Å². The molecular weight excluding hydrogens is 339 g/mol. The van der Waals surface area contributed by atoms with Gasteiger partial charge in [-0.1, -0.05) is 40.5 Å². The molecule has 0 bridgehead atoms. The van der Waals surface area contributed by atoms with Gasteiger partial charge in [0.2, 0.25) is 0 Å². The van der Waals surface area contributed by atoms with Crippen LogP contribution >= 0.6 is 19.0 Å². The lowest BCUT2D eigenvalue weighted by molar-refractivity contribution is -0.00663. The Morgan fingerprint density at radius 2 is 1.96 bits per heavy atom. The summed E-state index contributed by atoms with van der Waals surface area (Å²) in [4.78, 5) is 0. The molecule has 1 aliphatic rings. The predicted octanol–water partition coefficient (Wildman–Crippen LogP) is 6.52. The minimum absolute atomic E-state index is 0.386. The van der Waals surface area contributed by atoms with Gasteiger partial charge in [-0.3, -0.25) is 0 Å². The highest BCUT2D eigenvalue weighted by Gasteiger charge is 2.21. The van der Waals surface area contributed by atoms with Crippen LogP contribution in [0.15, 0.2) is 0 Å². The molecule has 0 radical (unpaired) electrons. The highest BCUT2D eigenvalue weighted by atomic mass is 32.7. The summed E-state index contributed by atoms with van der Waals surface area (Å²) in [5, 5.41) is 0. The minimum Gasteiger partial charge on any atom is -0.378 e. The fourth-order valence-electron chi connectivity index (χ4n) is 3.19. The highest BCUT2D eigenvalue weighted by Crippen LogP contribution is 2.48. The van der Waals surface area contributed by atoms with Gasteiger partial charge in [0.15, 0.2) is 0 Å². The van der Waals surface area contributed by atoms with Crippen LogP contribution in [0, 0.1) is 23.7 Å². The molecule has 1 fully saturated rings. The van der Waals surface area contributed by atoms with E-state index in [2.05, 4.69) is 41.3 Å². The van der Waals surface area contributed by atoms with E-state index in [1.165, 1.54) is 19.3 Å². The predicted molar refractivity (Wildman–Crippen MR) is 107 cm³/mol. The molecule has 1 saturated heterocycles.